The molecule has 0 spiro atoms. The van der Waals surface area contributed by atoms with Crippen molar-refractivity contribution in [2.75, 3.05) is 7.11 Å². The lowest BCUT2D eigenvalue weighted by molar-refractivity contribution is -0.151. The van der Waals surface area contributed by atoms with E-state index in [0.717, 1.165) is 11.1 Å². The van der Waals surface area contributed by atoms with Gasteiger partial charge in [-0.1, -0.05) is 35.9 Å². The molecule has 2 rings (SSSR count). The van der Waals surface area contributed by atoms with E-state index in [9.17, 15) is 9.59 Å². The molecule has 1 aliphatic rings. The van der Waals surface area contributed by atoms with Gasteiger partial charge in [0.05, 0.1) is 12.5 Å². The summed E-state index contributed by atoms with van der Waals surface area (Å²) in [5.74, 6) is -0.164. The minimum absolute atomic E-state index is 0.0880. The highest BCUT2D eigenvalue weighted by Crippen LogP contribution is 2.40. The summed E-state index contributed by atoms with van der Waals surface area (Å²) in [5, 5.41) is 0. The lowest BCUT2D eigenvalue weighted by Crippen LogP contribution is -2.38. The average Bonchev–Trinajstić information content (AvgIpc) is 2.42. The Labute approximate surface area is 113 Å². The standard InChI is InChI=1S/C16H18O3/c1-12-10-14(17)8-9-16(12,15(18)19-2)11-13-6-4-3-5-7-13/h3-7,10H,8-9,11H2,1-2H3/t16-/m0/s1. The third kappa shape index (κ3) is 2.60. The number of methoxy groups -OCH3 is 1. The number of hydrogen-bond donors (Lipinski definition) is 0. The van der Waals surface area contributed by atoms with Crippen molar-refractivity contribution in [3.05, 3.63) is 47.5 Å². The maximum atomic E-state index is 12.2. The van der Waals surface area contributed by atoms with Gasteiger partial charge < -0.3 is 4.74 Å². The molecule has 1 aliphatic carbocycles. The molecular weight excluding hydrogens is 240 g/mol. The van der Waals surface area contributed by atoms with Crippen LogP contribution in [-0.2, 0) is 20.7 Å². The molecule has 0 saturated carbocycles. The van der Waals surface area contributed by atoms with Crippen molar-refractivity contribution in [2.45, 2.75) is 26.2 Å². The molecule has 0 unspecified atom stereocenters. The third-order valence-corrected chi connectivity index (χ3v) is 3.86. The summed E-state index contributed by atoms with van der Waals surface area (Å²) in [6.45, 7) is 1.84. The fourth-order valence-corrected chi connectivity index (χ4v) is 2.69. The fraction of sp³-hybridized carbons (Fsp3) is 0.375. The summed E-state index contributed by atoms with van der Waals surface area (Å²) in [6, 6.07) is 9.84. The van der Waals surface area contributed by atoms with Crippen molar-refractivity contribution < 1.29 is 14.3 Å². The van der Waals surface area contributed by atoms with E-state index in [1.807, 2.05) is 37.3 Å². The molecule has 3 nitrogen and oxygen atoms in total. The number of ether oxygens (including phenoxy) is 1. The van der Waals surface area contributed by atoms with Crippen LogP contribution in [0.5, 0.6) is 0 Å². The first-order valence-electron chi connectivity index (χ1n) is 6.42. The van der Waals surface area contributed by atoms with Crippen molar-refractivity contribution in [3.63, 3.8) is 0 Å². The van der Waals surface area contributed by atoms with E-state index in [-0.39, 0.29) is 11.8 Å². The smallest absolute Gasteiger partial charge is 0.316 e. The molecule has 1 aromatic carbocycles. The van der Waals surface area contributed by atoms with Gasteiger partial charge in [0.2, 0.25) is 0 Å². The van der Waals surface area contributed by atoms with Crippen LogP contribution < -0.4 is 0 Å². The Balaban J connectivity index is 2.39. The summed E-state index contributed by atoms with van der Waals surface area (Å²) < 4.78 is 4.98. The van der Waals surface area contributed by atoms with Crippen LogP contribution in [0.4, 0.5) is 0 Å². The number of esters is 1. The molecule has 1 atom stereocenters. The van der Waals surface area contributed by atoms with Gasteiger partial charge in [0, 0.05) is 6.42 Å². The highest BCUT2D eigenvalue weighted by molar-refractivity contribution is 5.95. The minimum Gasteiger partial charge on any atom is -0.468 e. The van der Waals surface area contributed by atoms with E-state index in [1.165, 1.54) is 7.11 Å². The summed E-state index contributed by atoms with van der Waals surface area (Å²) in [5.41, 5.74) is 1.19. The maximum Gasteiger partial charge on any atom is 0.316 e. The number of allylic oxidation sites excluding steroid dienone is 1. The van der Waals surface area contributed by atoms with Crippen molar-refractivity contribution in [3.8, 4) is 0 Å². The number of benzene rings is 1. The van der Waals surface area contributed by atoms with E-state index in [0.29, 0.717) is 19.3 Å². The fourth-order valence-electron chi connectivity index (χ4n) is 2.69. The SMILES string of the molecule is COC(=O)[C@]1(Cc2ccccc2)CCC(=O)C=C1C. The molecule has 0 aromatic heterocycles. The van der Waals surface area contributed by atoms with E-state index < -0.39 is 5.41 Å². The summed E-state index contributed by atoms with van der Waals surface area (Å²) in [6.07, 6.45) is 3.09. The van der Waals surface area contributed by atoms with E-state index >= 15 is 0 Å². The van der Waals surface area contributed by atoms with Gasteiger partial charge in [-0.05, 0) is 31.4 Å². The van der Waals surface area contributed by atoms with Crippen LogP contribution in [0, 0.1) is 5.41 Å². The Kier molecular flexibility index (Phi) is 3.84. The number of carbonyl (C=O) groups is 2. The molecule has 100 valence electrons. The molecule has 0 bridgehead atoms. The molecule has 0 aliphatic heterocycles. The Morgan fingerprint density at radius 2 is 2.00 bits per heavy atom. The maximum absolute atomic E-state index is 12.2. The molecule has 1 aromatic rings. The van der Waals surface area contributed by atoms with Gasteiger partial charge in [0.25, 0.3) is 0 Å². The number of hydrogen-bond acceptors (Lipinski definition) is 3. The molecule has 0 heterocycles. The van der Waals surface area contributed by atoms with Crippen molar-refractivity contribution in [1.82, 2.24) is 0 Å². The van der Waals surface area contributed by atoms with Crippen LogP contribution >= 0.6 is 0 Å². The molecule has 0 amide bonds. The topological polar surface area (TPSA) is 43.4 Å². The number of rotatable bonds is 3. The van der Waals surface area contributed by atoms with E-state index in [2.05, 4.69) is 0 Å². The Hall–Kier alpha value is -1.90. The normalized spacial score (nSPS) is 22.8. The summed E-state index contributed by atoms with van der Waals surface area (Å²) in [7, 11) is 1.40. The summed E-state index contributed by atoms with van der Waals surface area (Å²) >= 11 is 0. The van der Waals surface area contributed by atoms with Gasteiger partial charge in [-0.2, -0.15) is 0 Å². The Bertz CT molecular complexity index is 516. The molecule has 0 fully saturated rings. The first-order chi connectivity index (χ1) is 9.08. The number of carbonyl (C=O) groups excluding carboxylic acids is 2. The second-order valence-electron chi connectivity index (χ2n) is 5.03. The van der Waals surface area contributed by atoms with E-state index in [1.54, 1.807) is 6.08 Å². The van der Waals surface area contributed by atoms with Crippen LogP contribution in [0.25, 0.3) is 0 Å². The van der Waals surface area contributed by atoms with Crippen molar-refractivity contribution >= 4 is 11.8 Å². The Morgan fingerprint density at radius 1 is 1.32 bits per heavy atom. The van der Waals surface area contributed by atoms with Gasteiger partial charge in [-0.15, -0.1) is 0 Å². The molecule has 3 heteroatoms. The van der Waals surface area contributed by atoms with Crippen LogP contribution in [0.2, 0.25) is 0 Å². The molecular formula is C16H18O3. The largest absolute Gasteiger partial charge is 0.468 e. The van der Waals surface area contributed by atoms with Crippen molar-refractivity contribution in [1.29, 1.82) is 0 Å². The predicted octanol–water partition coefficient (Wildman–Crippen LogP) is 2.70. The molecule has 0 radical (unpaired) electrons. The minimum atomic E-state index is -0.690. The first kappa shape index (κ1) is 13.5. The highest BCUT2D eigenvalue weighted by atomic mass is 16.5. The molecule has 0 saturated heterocycles. The van der Waals surface area contributed by atoms with Gasteiger partial charge in [0.15, 0.2) is 5.78 Å². The number of ketones is 1. The second-order valence-corrected chi connectivity index (χ2v) is 5.03. The average molecular weight is 258 g/mol. The van der Waals surface area contributed by atoms with Crippen LogP contribution in [0.1, 0.15) is 25.3 Å². The first-order valence-corrected chi connectivity index (χ1v) is 6.42. The van der Waals surface area contributed by atoms with E-state index in [4.69, 9.17) is 4.74 Å². The quantitative estimate of drug-likeness (QED) is 0.783. The lowest BCUT2D eigenvalue weighted by atomic mass is 9.69. The van der Waals surface area contributed by atoms with Gasteiger partial charge in [-0.3, -0.25) is 9.59 Å². The Morgan fingerprint density at radius 3 is 2.58 bits per heavy atom. The van der Waals surface area contributed by atoms with Gasteiger partial charge in [-0.25, -0.2) is 0 Å². The van der Waals surface area contributed by atoms with Crippen LogP contribution in [-0.4, -0.2) is 18.9 Å². The van der Waals surface area contributed by atoms with Gasteiger partial charge >= 0.3 is 5.97 Å². The van der Waals surface area contributed by atoms with Crippen molar-refractivity contribution in [2.24, 2.45) is 5.41 Å². The zero-order valence-corrected chi connectivity index (χ0v) is 11.3. The summed E-state index contributed by atoms with van der Waals surface area (Å²) in [4.78, 5) is 23.7. The van der Waals surface area contributed by atoms with Crippen LogP contribution in [0.15, 0.2) is 42.0 Å². The second kappa shape index (κ2) is 5.39. The van der Waals surface area contributed by atoms with Crippen LogP contribution in [0.3, 0.4) is 0 Å². The molecule has 0 N–H and O–H groups in total. The van der Waals surface area contributed by atoms with Gasteiger partial charge in [0.1, 0.15) is 0 Å². The zero-order chi connectivity index (χ0) is 13.9. The third-order valence-electron chi connectivity index (χ3n) is 3.86. The molecule has 19 heavy (non-hydrogen) atoms. The highest BCUT2D eigenvalue weighted by Gasteiger charge is 2.43. The zero-order valence-electron chi connectivity index (χ0n) is 11.3. The predicted molar refractivity (Wildman–Crippen MR) is 72.6 cm³/mol. The monoisotopic (exact) mass is 258 g/mol. The lowest BCUT2D eigenvalue weighted by Gasteiger charge is -2.34.